The third-order valence-corrected chi connectivity index (χ3v) is 3.76. The molecular formula is C18H13FN2O3. The summed E-state index contributed by atoms with van der Waals surface area (Å²) in [6, 6.07) is 9.83. The number of hydrogen-bond acceptors (Lipinski definition) is 5. The molecule has 120 valence electrons. The fourth-order valence-corrected chi connectivity index (χ4v) is 2.74. The Hall–Kier alpha value is -3.15. The van der Waals surface area contributed by atoms with Gasteiger partial charge in [-0.3, -0.25) is 4.98 Å². The second-order valence-corrected chi connectivity index (χ2v) is 5.29. The zero-order valence-corrected chi connectivity index (χ0v) is 12.8. The van der Waals surface area contributed by atoms with Gasteiger partial charge in [0.2, 0.25) is 0 Å². The minimum Gasteiger partial charge on any atom is -0.462 e. The summed E-state index contributed by atoms with van der Waals surface area (Å²) in [5.41, 5.74) is 1.84. The molecule has 0 saturated heterocycles. The number of carbonyl (C=O) groups is 1. The van der Waals surface area contributed by atoms with Crippen molar-refractivity contribution < 1.29 is 18.7 Å². The molecule has 0 saturated carbocycles. The van der Waals surface area contributed by atoms with Crippen LogP contribution >= 0.6 is 0 Å². The molecule has 1 aromatic heterocycles. The van der Waals surface area contributed by atoms with Crippen LogP contribution in [-0.2, 0) is 4.74 Å². The standard InChI is InChI=1S/C18H13FN2O3/c1-2-23-18(22)11-9-20-13-7-10(19)8-15-16(13)17(11)21-12-5-3-4-6-14(12)24-15/h3-9,21H,2H2,1H3. The summed E-state index contributed by atoms with van der Waals surface area (Å²) in [6.07, 6.45) is 1.39. The van der Waals surface area contributed by atoms with E-state index in [1.165, 1.54) is 18.3 Å². The third-order valence-electron chi connectivity index (χ3n) is 3.76. The van der Waals surface area contributed by atoms with Crippen LogP contribution in [0, 0.1) is 5.82 Å². The molecule has 6 heteroatoms. The molecule has 0 bridgehead atoms. The monoisotopic (exact) mass is 324 g/mol. The molecule has 5 nitrogen and oxygen atoms in total. The summed E-state index contributed by atoms with van der Waals surface area (Å²) in [5.74, 6) is -0.116. The minimum absolute atomic E-state index is 0.250. The van der Waals surface area contributed by atoms with E-state index in [4.69, 9.17) is 9.47 Å². The Labute approximate surface area is 137 Å². The predicted octanol–water partition coefficient (Wildman–Crippen LogP) is 4.40. The lowest BCUT2D eigenvalue weighted by molar-refractivity contribution is 0.0527. The average molecular weight is 324 g/mol. The maximum atomic E-state index is 13.9. The Morgan fingerprint density at radius 3 is 2.96 bits per heavy atom. The van der Waals surface area contributed by atoms with Crippen molar-refractivity contribution in [1.29, 1.82) is 0 Å². The normalized spacial score (nSPS) is 11.9. The molecule has 2 heterocycles. The SMILES string of the molecule is CCOC(=O)c1cnc2cc(F)cc3c2c1Nc1ccccc1O3. The Kier molecular flexibility index (Phi) is 3.30. The van der Waals surface area contributed by atoms with Gasteiger partial charge in [-0.2, -0.15) is 0 Å². The molecule has 0 amide bonds. The smallest absolute Gasteiger partial charge is 0.341 e. The van der Waals surface area contributed by atoms with Gasteiger partial charge in [0.1, 0.15) is 17.1 Å². The first-order valence-electron chi connectivity index (χ1n) is 7.50. The van der Waals surface area contributed by atoms with E-state index in [1.54, 1.807) is 13.0 Å². The van der Waals surface area contributed by atoms with E-state index in [9.17, 15) is 9.18 Å². The number of halogens is 1. The Bertz CT molecular complexity index is 972. The van der Waals surface area contributed by atoms with Crippen LogP contribution in [0.3, 0.4) is 0 Å². The van der Waals surface area contributed by atoms with Crippen molar-refractivity contribution in [3.63, 3.8) is 0 Å². The quantitative estimate of drug-likeness (QED) is 0.554. The summed E-state index contributed by atoms with van der Waals surface area (Å²) >= 11 is 0. The topological polar surface area (TPSA) is 60.5 Å². The summed E-state index contributed by atoms with van der Waals surface area (Å²) in [7, 11) is 0. The number of aromatic nitrogens is 1. The molecular weight excluding hydrogens is 311 g/mol. The first kappa shape index (κ1) is 14.4. The first-order chi connectivity index (χ1) is 11.7. The van der Waals surface area contributed by atoms with Gasteiger partial charge in [-0.15, -0.1) is 0 Å². The zero-order valence-electron chi connectivity index (χ0n) is 12.8. The minimum atomic E-state index is -0.496. The second kappa shape index (κ2) is 5.49. The fourth-order valence-electron chi connectivity index (χ4n) is 2.74. The Balaban J connectivity index is 2.03. The van der Waals surface area contributed by atoms with Crippen LogP contribution in [0.5, 0.6) is 11.5 Å². The third kappa shape index (κ3) is 2.23. The number of benzene rings is 2. The summed E-state index contributed by atoms with van der Waals surface area (Å²) in [6.45, 7) is 1.98. The van der Waals surface area contributed by atoms with Crippen molar-refractivity contribution in [2.75, 3.05) is 11.9 Å². The molecule has 0 radical (unpaired) electrons. The van der Waals surface area contributed by atoms with Gasteiger partial charge in [-0.25, -0.2) is 9.18 Å². The van der Waals surface area contributed by atoms with Gasteiger partial charge < -0.3 is 14.8 Å². The number of fused-ring (bicyclic) bond motifs is 1. The van der Waals surface area contributed by atoms with Crippen LogP contribution in [0.4, 0.5) is 15.8 Å². The Morgan fingerprint density at radius 1 is 1.29 bits per heavy atom. The number of nitrogens with one attached hydrogen (secondary N) is 1. The van der Waals surface area contributed by atoms with E-state index in [0.29, 0.717) is 33.8 Å². The van der Waals surface area contributed by atoms with Gasteiger partial charge in [0.05, 0.1) is 28.9 Å². The summed E-state index contributed by atoms with van der Waals surface area (Å²) < 4.78 is 24.9. The molecule has 24 heavy (non-hydrogen) atoms. The van der Waals surface area contributed by atoms with Gasteiger partial charge in [-0.1, -0.05) is 12.1 Å². The average Bonchev–Trinajstić information content (AvgIpc) is 2.72. The van der Waals surface area contributed by atoms with Gasteiger partial charge >= 0.3 is 5.97 Å². The molecule has 0 aliphatic carbocycles. The predicted molar refractivity (Wildman–Crippen MR) is 87.5 cm³/mol. The lowest BCUT2D eigenvalue weighted by atomic mass is 10.1. The van der Waals surface area contributed by atoms with E-state index in [0.717, 1.165) is 0 Å². The van der Waals surface area contributed by atoms with Crippen molar-refractivity contribution in [2.24, 2.45) is 0 Å². The summed E-state index contributed by atoms with van der Waals surface area (Å²) in [5, 5.41) is 3.75. The maximum Gasteiger partial charge on any atom is 0.341 e. The number of carbonyl (C=O) groups excluding carboxylic acids is 1. The highest BCUT2D eigenvalue weighted by molar-refractivity contribution is 6.09. The van der Waals surface area contributed by atoms with Crippen molar-refractivity contribution in [3.05, 3.63) is 54.0 Å². The molecule has 0 unspecified atom stereocenters. The van der Waals surface area contributed by atoms with Crippen molar-refractivity contribution in [2.45, 2.75) is 6.92 Å². The molecule has 0 fully saturated rings. The molecule has 3 aromatic rings. The molecule has 1 N–H and O–H groups in total. The van der Waals surface area contributed by atoms with Crippen molar-refractivity contribution in [1.82, 2.24) is 4.98 Å². The lowest BCUT2D eigenvalue weighted by Crippen LogP contribution is -2.09. The number of para-hydroxylation sites is 2. The van der Waals surface area contributed by atoms with Crippen LogP contribution in [0.1, 0.15) is 17.3 Å². The highest BCUT2D eigenvalue weighted by Gasteiger charge is 2.24. The van der Waals surface area contributed by atoms with Crippen LogP contribution in [0.15, 0.2) is 42.6 Å². The maximum absolute atomic E-state index is 13.9. The molecule has 1 aliphatic heterocycles. The van der Waals surface area contributed by atoms with E-state index in [2.05, 4.69) is 10.3 Å². The van der Waals surface area contributed by atoms with Gasteiger partial charge in [-0.05, 0) is 19.1 Å². The largest absolute Gasteiger partial charge is 0.462 e. The molecule has 4 rings (SSSR count). The Morgan fingerprint density at radius 2 is 2.12 bits per heavy atom. The zero-order chi connectivity index (χ0) is 16.7. The molecule has 1 aliphatic rings. The van der Waals surface area contributed by atoms with Crippen molar-refractivity contribution in [3.8, 4) is 11.5 Å². The number of hydrogen-bond donors (Lipinski definition) is 1. The van der Waals surface area contributed by atoms with Crippen LogP contribution < -0.4 is 10.1 Å². The van der Waals surface area contributed by atoms with E-state index in [1.807, 2.05) is 18.2 Å². The van der Waals surface area contributed by atoms with E-state index < -0.39 is 11.8 Å². The molecule has 2 aromatic carbocycles. The van der Waals surface area contributed by atoms with Crippen molar-refractivity contribution >= 4 is 28.2 Å². The number of rotatable bonds is 2. The first-order valence-corrected chi connectivity index (χ1v) is 7.50. The highest BCUT2D eigenvalue weighted by atomic mass is 19.1. The van der Waals surface area contributed by atoms with Gasteiger partial charge in [0.25, 0.3) is 0 Å². The number of nitrogens with zero attached hydrogens (tertiary/aromatic N) is 1. The lowest BCUT2D eigenvalue weighted by Gasteiger charge is -2.12. The number of ether oxygens (including phenoxy) is 2. The fraction of sp³-hybridized carbons (Fsp3) is 0.111. The number of esters is 1. The van der Waals surface area contributed by atoms with Gasteiger partial charge in [0, 0.05) is 18.3 Å². The van der Waals surface area contributed by atoms with Crippen LogP contribution in [-0.4, -0.2) is 17.6 Å². The van der Waals surface area contributed by atoms with E-state index in [-0.39, 0.29) is 12.2 Å². The van der Waals surface area contributed by atoms with Gasteiger partial charge in [0.15, 0.2) is 5.75 Å². The second-order valence-electron chi connectivity index (χ2n) is 5.29. The number of anilines is 2. The van der Waals surface area contributed by atoms with Crippen LogP contribution in [0.2, 0.25) is 0 Å². The van der Waals surface area contributed by atoms with E-state index >= 15 is 0 Å². The molecule has 0 spiro atoms. The molecule has 0 atom stereocenters. The number of pyridine rings is 1. The summed E-state index contributed by atoms with van der Waals surface area (Å²) in [4.78, 5) is 16.5. The van der Waals surface area contributed by atoms with Crippen LogP contribution in [0.25, 0.3) is 10.9 Å². The highest BCUT2D eigenvalue weighted by Crippen LogP contribution is 2.44.